The van der Waals surface area contributed by atoms with Gasteiger partial charge in [-0.25, -0.2) is 4.39 Å². The molecule has 3 nitrogen and oxygen atoms in total. The minimum atomic E-state index is -0.576. The molecule has 4 heteroatoms. The highest BCUT2D eigenvalue weighted by atomic mass is 19.1. The number of hydrogen-bond acceptors (Lipinski definition) is 2. The second kappa shape index (κ2) is 3.57. The Morgan fingerprint density at radius 1 is 1.33 bits per heavy atom. The third-order valence-corrected chi connectivity index (χ3v) is 2.11. The average Bonchev–Trinajstić information content (AvgIpc) is 2.74. The predicted molar refractivity (Wildman–Crippen MR) is 55.0 cm³/mol. The summed E-state index contributed by atoms with van der Waals surface area (Å²) in [6.07, 6.45) is 1.64. The van der Waals surface area contributed by atoms with Gasteiger partial charge >= 0.3 is 0 Å². The Balaban J connectivity index is 2.39. The summed E-state index contributed by atoms with van der Waals surface area (Å²) in [7, 11) is 0. The molecule has 76 valence electrons. The van der Waals surface area contributed by atoms with E-state index in [0.717, 1.165) is 6.07 Å². The zero-order valence-electron chi connectivity index (χ0n) is 7.83. The van der Waals surface area contributed by atoms with Gasteiger partial charge in [0.25, 0.3) is 0 Å². The Hall–Kier alpha value is -2.10. The first-order chi connectivity index (χ1) is 7.18. The Bertz CT molecular complexity index is 491. The smallest absolute Gasteiger partial charge is 0.209 e. The van der Waals surface area contributed by atoms with Crippen LogP contribution in [0.25, 0.3) is 0 Å². The normalized spacial score (nSPS) is 10.2. The molecule has 0 saturated carbocycles. The van der Waals surface area contributed by atoms with E-state index in [1.807, 2.05) is 0 Å². The third kappa shape index (κ3) is 1.74. The van der Waals surface area contributed by atoms with E-state index < -0.39 is 5.82 Å². The van der Waals surface area contributed by atoms with Gasteiger partial charge in [-0.1, -0.05) is 0 Å². The molecular weight excluding hydrogens is 195 g/mol. The maximum Gasteiger partial charge on any atom is 0.209 e. The van der Waals surface area contributed by atoms with Crippen LogP contribution >= 0.6 is 0 Å². The van der Waals surface area contributed by atoms with Gasteiger partial charge in [-0.3, -0.25) is 4.79 Å². The number of carbonyl (C=O) groups is 1. The Morgan fingerprint density at radius 2 is 2.13 bits per heavy atom. The minimum absolute atomic E-state index is 0.0398. The van der Waals surface area contributed by atoms with Crippen LogP contribution in [0, 0.1) is 5.82 Å². The topological polar surface area (TPSA) is 58.9 Å². The quantitative estimate of drug-likeness (QED) is 0.580. The SMILES string of the molecule is Nc1ccc(C(=O)c2ccc[nH]2)cc1F. The maximum absolute atomic E-state index is 13.1. The molecule has 0 bridgehead atoms. The van der Waals surface area contributed by atoms with Crippen molar-refractivity contribution in [3.63, 3.8) is 0 Å². The molecule has 0 atom stereocenters. The van der Waals surface area contributed by atoms with Crippen LogP contribution in [0.4, 0.5) is 10.1 Å². The molecule has 0 saturated heterocycles. The van der Waals surface area contributed by atoms with Gasteiger partial charge in [0, 0.05) is 11.8 Å². The number of anilines is 1. The van der Waals surface area contributed by atoms with Crippen LogP contribution in [-0.2, 0) is 0 Å². The minimum Gasteiger partial charge on any atom is -0.396 e. The molecule has 3 N–H and O–H groups in total. The summed E-state index contributed by atoms with van der Waals surface area (Å²) in [6, 6.07) is 7.36. The number of rotatable bonds is 2. The van der Waals surface area contributed by atoms with Crippen molar-refractivity contribution < 1.29 is 9.18 Å². The van der Waals surface area contributed by atoms with E-state index in [1.54, 1.807) is 18.3 Å². The number of ketones is 1. The van der Waals surface area contributed by atoms with Crippen LogP contribution in [0.5, 0.6) is 0 Å². The molecule has 0 aliphatic carbocycles. The molecule has 0 radical (unpaired) electrons. The molecule has 0 amide bonds. The second-order valence-corrected chi connectivity index (χ2v) is 3.15. The molecule has 0 aliphatic rings. The first-order valence-corrected chi connectivity index (χ1v) is 4.41. The zero-order valence-corrected chi connectivity index (χ0v) is 7.83. The van der Waals surface area contributed by atoms with Crippen molar-refractivity contribution in [2.75, 3.05) is 5.73 Å². The molecular formula is C11H9FN2O. The van der Waals surface area contributed by atoms with Gasteiger partial charge in [-0.2, -0.15) is 0 Å². The number of benzene rings is 1. The van der Waals surface area contributed by atoms with Gasteiger partial charge < -0.3 is 10.7 Å². The van der Waals surface area contributed by atoms with E-state index in [2.05, 4.69) is 4.98 Å². The average molecular weight is 204 g/mol. The van der Waals surface area contributed by atoms with E-state index in [9.17, 15) is 9.18 Å². The van der Waals surface area contributed by atoms with Gasteiger partial charge in [0.05, 0.1) is 11.4 Å². The van der Waals surface area contributed by atoms with Crippen LogP contribution in [0.1, 0.15) is 16.1 Å². The molecule has 2 aromatic rings. The van der Waals surface area contributed by atoms with Gasteiger partial charge in [0.1, 0.15) is 5.82 Å². The number of nitrogens with two attached hydrogens (primary N) is 1. The number of aromatic amines is 1. The third-order valence-electron chi connectivity index (χ3n) is 2.11. The van der Waals surface area contributed by atoms with Gasteiger partial charge in [-0.15, -0.1) is 0 Å². The van der Waals surface area contributed by atoms with E-state index in [-0.39, 0.29) is 17.0 Å². The van der Waals surface area contributed by atoms with Crippen molar-refractivity contribution >= 4 is 11.5 Å². The van der Waals surface area contributed by atoms with Gasteiger partial charge in [-0.05, 0) is 30.3 Å². The zero-order chi connectivity index (χ0) is 10.8. The highest BCUT2D eigenvalue weighted by Crippen LogP contribution is 2.14. The van der Waals surface area contributed by atoms with Crippen molar-refractivity contribution in [1.29, 1.82) is 0 Å². The lowest BCUT2D eigenvalue weighted by Gasteiger charge is -2.00. The standard InChI is InChI=1S/C11H9FN2O/c12-8-6-7(3-4-9(8)13)11(15)10-2-1-5-14-10/h1-6,14H,13H2. The Labute approximate surface area is 85.7 Å². The number of nitrogens with one attached hydrogen (secondary N) is 1. The molecule has 1 heterocycles. The summed E-state index contributed by atoms with van der Waals surface area (Å²) in [5.41, 5.74) is 6.06. The van der Waals surface area contributed by atoms with E-state index in [0.29, 0.717) is 5.69 Å². The fraction of sp³-hybridized carbons (Fsp3) is 0. The van der Waals surface area contributed by atoms with Crippen LogP contribution in [0.3, 0.4) is 0 Å². The molecule has 0 spiro atoms. The van der Waals surface area contributed by atoms with E-state index >= 15 is 0 Å². The van der Waals surface area contributed by atoms with Gasteiger partial charge in [0.15, 0.2) is 0 Å². The number of carbonyl (C=O) groups excluding carboxylic acids is 1. The van der Waals surface area contributed by atoms with E-state index in [1.165, 1.54) is 12.1 Å². The fourth-order valence-electron chi connectivity index (χ4n) is 1.30. The largest absolute Gasteiger partial charge is 0.396 e. The summed E-state index contributed by atoms with van der Waals surface area (Å²) >= 11 is 0. The van der Waals surface area contributed by atoms with E-state index in [4.69, 9.17) is 5.73 Å². The second-order valence-electron chi connectivity index (χ2n) is 3.15. The molecule has 0 unspecified atom stereocenters. The molecule has 0 fully saturated rings. The molecule has 15 heavy (non-hydrogen) atoms. The number of halogens is 1. The Kier molecular flexibility index (Phi) is 2.25. The summed E-state index contributed by atoms with van der Waals surface area (Å²) in [6.45, 7) is 0. The van der Waals surface area contributed by atoms with Crippen molar-refractivity contribution in [2.45, 2.75) is 0 Å². The van der Waals surface area contributed by atoms with Crippen molar-refractivity contribution in [1.82, 2.24) is 4.98 Å². The lowest BCUT2D eigenvalue weighted by molar-refractivity contribution is 0.103. The number of aromatic nitrogens is 1. The molecule has 0 aliphatic heterocycles. The Morgan fingerprint density at radius 3 is 2.73 bits per heavy atom. The number of H-pyrrole nitrogens is 1. The highest BCUT2D eigenvalue weighted by molar-refractivity contribution is 6.07. The molecule has 1 aromatic carbocycles. The summed E-state index contributed by atoms with van der Waals surface area (Å²) in [5.74, 6) is -0.827. The number of nitrogen functional groups attached to an aromatic ring is 1. The maximum atomic E-state index is 13.1. The van der Waals surface area contributed by atoms with Crippen LogP contribution in [-0.4, -0.2) is 10.8 Å². The van der Waals surface area contributed by atoms with Crippen LogP contribution < -0.4 is 5.73 Å². The molecule has 1 aromatic heterocycles. The first kappa shape index (κ1) is 9.45. The lowest BCUT2D eigenvalue weighted by Crippen LogP contribution is -2.03. The predicted octanol–water partition coefficient (Wildman–Crippen LogP) is 1.97. The van der Waals surface area contributed by atoms with Crippen molar-refractivity contribution in [3.8, 4) is 0 Å². The van der Waals surface area contributed by atoms with Crippen molar-refractivity contribution in [3.05, 3.63) is 53.6 Å². The van der Waals surface area contributed by atoms with Crippen molar-refractivity contribution in [2.24, 2.45) is 0 Å². The fourth-order valence-corrected chi connectivity index (χ4v) is 1.30. The summed E-state index contributed by atoms with van der Waals surface area (Å²) < 4.78 is 13.1. The van der Waals surface area contributed by atoms with Crippen LogP contribution in [0.2, 0.25) is 0 Å². The molecule has 2 rings (SSSR count). The number of hydrogen-bond donors (Lipinski definition) is 2. The van der Waals surface area contributed by atoms with Crippen LogP contribution in [0.15, 0.2) is 36.5 Å². The lowest BCUT2D eigenvalue weighted by atomic mass is 10.1. The summed E-state index contributed by atoms with van der Waals surface area (Å²) in [5, 5.41) is 0. The first-order valence-electron chi connectivity index (χ1n) is 4.41. The highest BCUT2D eigenvalue weighted by Gasteiger charge is 2.11. The summed E-state index contributed by atoms with van der Waals surface area (Å²) in [4.78, 5) is 14.5. The van der Waals surface area contributed by atoms with Gasteiger partial charge in [0.2, 0.25) is 5.78 Å². The monoisotopic (exact) mass is 204 g/mol.